The van der Waals surface area contributed by atoms with Crippen LogP contribution in [0.25, 0.3) is 21.7 Å². The number of fused-ring (bicyclic) bond motifs is 3. The highest BCUT2D eigenvalue weighted by molar-refractivity contribution is 6.12. The van der Waals surface area contributed by atoms with E-state index >= 15 is 0 Å². The molecule has 0 bridgehead atoms. The van der Waals surface area contributed by atoms with Gasteiger partial charge in [-0.25, -0.2) is 4.79 Å². The summed E-state index contributed by atoms with van der Waals surface area (Å²) in [6.45, 7) is 0. The normalized spacial score (nSPS) is 10.9. The molecule has 0 aliphatic rings. The number of nitrogen functional groups attached to an aromatic ring is 1. The van der Waals surface area contributed by atoms with Gasteiger partial charge in [-0.05, 0) is 12.1 Å². The van der Waals surface area contributed by atoms with Crippen LogP contribution in [0.15, 0.2) is 36.4 Å². The number of aromatic amines is 1. The fraction of sp³-hybridized carbons (Fsp3) is 0.0714. The van der Waals surface area contributed by atoms with Gasteiger partial charge in [0.25, 0.3) is 0 Å². The largest absolute Gasteiger partial charge is 0.464 e. The van der Waals surface area contributed by atoms with Crippen LogP contribution in [0.4, 0.5) is 5.69 Å². The highest BCUT2D eigenvalue weighted by Crippen LogP contribution is 2.30. The lowest BCUT2D eigenvalue weighted by Gasteiger charge is -2.03. The van der Waals surface area contributed by atoms with E-state index in [4.69, 9.17) is 10.5 Å². The molecule has 4 heteroatoms. The first kappa shape index (κ1) is 10.7. The van der Waals surface area contributed by atoms with Crippen molar-refractivity contribution in [3.8, 4) is 0 Å². The molecule has 0 spiro atoms. The fourth-order valence-electron chi connectivity index (χ4n) is 2.23. The monoisotopic (exact) mass is 240 g/mol. The van der Waals surface area contributed by atoms with Crippen LogP contribution in [0.3, 0.4) is 0 Å². The molecule has 0 atom stereocenters. The molecule has 0 saturated carbocycles. The van der Waals surface area contributed by atoms with Crippen molar-refractivity contribution in [3.63, 3.8) is 0 Å². The molecule has 0 unspecified atom stereocenters. The summed E-state index contributed by atoms with van der Waals surface area (Å²) in [5.74, 6) is -0.381. The van der Waals surface area contributed by atoms with Crippen LogP contribution < -0.4 is 5.73 Å². The highest BCUT2D eigenvalue weighted by atomic mass is 16.5. The van der Waals surface area contributed by atoms with Gasteiger partial charge in [0.15, 0.2) is 0 Å². The van der Waals surface area contributed by atoms with Crippen molar-refractivity contribution in [3.05, 3.63) is 42.1 Å². The van der Waals surface area contributed by atoms with Crippen LogP contribution in [-0.2, 0) is 4.74 Å². The third-order valence-corrected chi connectivity index (χ3v) is 3.07. The second-order valence-electron chi connectivity index (χ2n) is 4.15. The molecule has 3 rings (SSSR count). The van der Waals surface area contributed by atoms with E-state index in [1.807, 2.05) is 30.3 Å². The van der Waals surface area contributed by atoms with E-state index in [2.05, 4.69) is 4.98 Å². The Balaban J connectivity index is 2.40. The maximum absolute atomic E-state index is 11.5. The quantitative estimate of drug-likeness (QED) is 0.507. The summed E-state index contributed by atoms with van der Waals surface area (Å²) in [5, 5.41) is 2.89. The van der Waals surface area contributed by atoms with Crippen LogP contribution in [0.1, 0.15) is 10.5 Å². The summed E-state index contributed by atoms with van der Waals surface area (Å²) in [6, 6.07) is 11.4. The summed E-state index contributed by atoms with van der Waals surface area (Å²) in [5.41, 5.74) is 8.05. The molecular formula is C14H12N2O2. The van der Waals surface area contributed by atoms with Crippen molar-refractivity contribution in [2.45, 2.75) is 0 Å². The number of carbonyl (C=O) groups is 1. The first-order valence-electron chi connectivity index (χ1n) is 5.59. The van der Waals surface area contributed by atoms with Crippen LogP contribution in [0.5, 0.6) is 0 Å². The van der Waals surface area contributed by atoms with E-state index in [1.54, 1.807) is 6.07 Å². The molecule has 0 aliphatic carbocycles. The minimum atomic E-state index is -0.381. The maximum atomic E-state index is 11.5. The number of nitrogens with one attached hydrogen (secondary N) is 1. The summed E-state index contributed by atoms with van der Waals surface area (Å²) >= 11 is 0. The second-order valence-corrected chi connectivity index (χ2v) is 4.15. The first-order chi connectivity index (χ1) is 8.70. The van der Waals surface area contributed by atoms with Gasteiger partial charge in [-0.15, -0.1) is 0 Å². The Kier molecular flexibility index (Phi) is 2.23. The third kappa shape index (κ3) is 1.43. The molecule has 0 amide bonds. The molecule has 1 heterocycles. The lowest BCUT2D eigenvalue weighted by Crippen LogP contribution is -2.00. The Morgan fingerprint density at radius 1 is 1.22 bits per heavy atom. The molecule has 2 aromatic carbocycles. The Bertz CT molecular complexity index is 759. The van der Waals surface area contributed by atoms with Gasteiger partial charge in [-0.1, -0.05) is 24.3 Å². The number of anilines is 1. The number of ether oxygens (including phenoxy) is 1. The van der Waals surface area contributed by atoms with Crippen molar-refractivity contribution >= 4 is 33.3 Å². The number of methoxy groups -OCH3 is 1. The molecule has 90 valence electrons. The third-order valence-electron chi connectivity index (χ3n) is 3.07. The molecule has 1 aromatic heterocycles. The van der Waals surface area contributed by atoms with Crippen molar-refractivity contribution in [1.29, 1.82) is 0 Å². The number of nitrogens with two attached hydrogens (primary N) is 1. The minimum absolute atomic E-state index is 0.381. The van der Waals surface area contributed by atoms with Gasteiger partial charge in [0, 0.05) is 21.8 Å². The zero-order valence-electron chi connectivity index (χ0n) is 9.86. The summed E-state index contributed by atoms with van der Waals surface area (Å²) in [4.78, 5) is 14.6. The molecule has 0 saturated heterocycles. The van der Waals surface area contributed by atoms with Crippen molar-refractivity contribution in [2.75, 3.05) is 12.8 Å². The number of carbonyl (C=O) groups excluding carboxylic acids is 1. The summed E-state index contributed by atoms with van der Waals surface area (Å²) in [6.07, 6.45) is 0. The van der Waals surface area contributed by atoms with Crippen LogP contribution >= 0.6 is 0 Å². The van der Waals surface area contributed by atoms with Gasteiger partial charge >= 0.3 is 5.97 Å². The van der Waals surface area contributed by atoms with Gasteiger partial charge in [0.2, 0.25) is 0 Å². The Labute approximate surface area is 103 Å². The topological polar surface area (TPSA) is 68.1 Å². The minimum Gasteiger partial charge on any atom is -0.464 e. The fourth-order valence-corrected chi connectivity index (χ4v) is 2.23. The van der Waals surface area contributed by atoms with E-state index in [0.717, 1.165) is 21.7 Å². The smallest absolute Gasteiger partial charge is 0.354 e. The first-order valence-corrected chi connectivity index (χ1v) is 5.59. The van der Waals surface area contributed by atoms with Gasteiger partial charge in [0.1, 0.15) is 5.69 Å². The van der Waals surface area contributed by atoms with E-state index in [-0.39, 0.29) is 5.97 Å². The number of hydrogen-bond acceptors (Lipinski definition) is 3. The second kappa shape index (κ2) is 3.77. The number of hydrogen-bond donors (Lipinski definition) is 2. The molecule has 3 aromatic rings. The molecule has 0 fully saturated rings. The van der Waals surface area contributed by atoms with E-state index in [9.17, 15) is 4.79 Å². The van der Waals surface area contributed by atoms with Crippen molar-refractivity contribution < 1.29 is 9.53 Å². The van der Waals surface area contributed by atoms with Crippen molar-refractivity contribution in [2.24, 2.45) is 0 Å². The van der Waals surface area contributed by atoms with Crippen LogP contribution in [0, 0.1) is 0 Å². The molecule has 3 N–H and O–H groups in total. The Morgan fingerprint density at radius 2 is 1.94 bits per heavy atom. The lowest BCUT2D eigenvalue weighted by molar-refractivity contribution is 0.0595. The van der Waals surface area contributed by atoms with Crippen LogP contribution in [-0.4, -0.2) is 18.1 Å². The summed E-state index contributed by atoms with van der Waals surface area (Å²) < 4.78 is 4.71. The average Bonchev–Trinajstić information content (AvgIpc) is 2.82. The van der Waals surface area contributed by atoms with E-state index in [1.165, 1.54) is 7.11 Å². The number of H-pyrrole nitrogens is 1. The highest BCUT2D eigenvalue weighted by Gasteiger charge is 2.12. The zero-order valence-corrected chi connectivity index (χ0v) is 9.86. The van der Waals surface area contributed by atoms with Gasteiger partial charge < -0.3 is 15.5 Å². The maximum Gasteiger partial charge on any atom is 0.354 e. The van der Waals surface area contributed by atoms with E-state index in [0.29, 0.717) is 11.4 Å². The number of aromatic nitrogens is 1. The average molecular weight is 240 g/mol. The standard InChI is InChI=1S/C14H12N2O2/c1-18-14(17)12-7-8-6-11(15)9-4-2-3-5-10(9)13(8)16-12/h2-7,16H,15H2,1H3. The predicted octanol–water partition coefficient (Wildman–Crippen LogP) is 2.69. The van der Waals surface area contributed by atoms with Crippen molar-refractivity contribution in [1.82, 2.24) is 4.98 Å². The molecule has 0 aliphatic heterocycles. The molecule has 18 heavy (non-hydrogen) atoms. The van der Waals surface area contributed by atoms with E-state index < -0.39 is 0 Å². The number of benzene rings is 2. The zero-order chi connectivity index (χ0) is 12.7. The SMILES string of the molecule is COC(=O)c1cc2cc(N)c3ccccc3c2[nH]1. The predicted molar refractivity (Wildman–Crippen MR) is 71.6 cm³/mol. The Morgan fingerprint density at radius 3 is 2.67 bits per heavy atom. The molecule has 4 nitrogen and oxygen atoms in total. The molecule has 0 radical (unpaired) electrons. The lowest BCUT2D eigenvalue weighted by atomic mass is 10.1. The molecular weight excluding hydrogens is 228 g/mol. The van der Waals surface area contributed by atoms with Gasteiger partial charge in [-0.2, -0.15) is 0 Å². The van der Waals surface area contributed by atoms with Crippen LogP contribution in [0.2, 0.25) is 0 Å². The van der Waals surface area contributed by atoms with Gasteiger partial charge in [0.05, 0.1) is 12.6 Å². The number of rotatable bonds is 1. The Hall–Kier alpha value is -2.49. The summed E-state index contributed by atoms with van der Waals surface area (Å²) in [7, 11) is 1.36. The number of esters is 1. The van der Waals surface area contributed by atoms with Gasteiger partial charge in [-0.3, -0.25) is 0 Å².